The Hall–Kier alpha value is -3.09. The molecular weight excluding hydrogens is 418 g/mol. The van der Waals surface area contributed by atoms with Crippen LogP contribution in [0, 0.1) is 5.92 Å². The molecule has 0 unspecified atom stereocenters. The fraction of sp³-hybridized carbons (Fsp3) is 0.500. The van der Waals surface area contributed by atoms with E-state index < -0.39 is 0 Å². The van der Waals surface area contributed by atoms with Gasteiger partial charge in [0.25, 0.3) is 5.91 Å². The Bertz CT molecular complexity index is 980. The maximum Gasteiger partial charge on any atom is 0.259 e. The Kier molecular flexibility index (Phi) is 7.16. The lowest BCUT2D eigenvalue weighted by Gasteiger charge is -2.31. The second kappa shape index (κ2) is 10.2. The number of hydrogen-bond donors (Lipinski definition) is 0. The third-order valence-corrected chi connectivity index (χ3v) is 6.68. The van der Waals surface area contributed by atoms with Crippen molar-refractivity contribution in [2.24, 2.45) is 5.92 Å². The van der Waals surface area contributed by atoms with Crippen LogP contribution >= 0.6 is 0 Å². The summed E-state index contributed by atoms with van der Waals surface area (Å²) in [5, 5.41) is 0. The first kappa shape index (κ1) is 23.1. The van der Waals surface area contributed by atoms with Gasteiger partial charge in [-0.25, -0.2) is 0 Å². The van der Waals surface area contributed by atoms with E-state index in [9.17, 15) is 9.59 Å². The monoisotopic (exact) mass is 451 g/mol. The maximum absolute atomic E-state index is 13.4. The van der Waals surface area contributed by atoms with Crippen LogP contribution in [0.1, 0.15) is 54.1 Å². The number of methoxy groups -OCH3 is 2. The Morgan fingerprint density at radius 3 is 2.21 bits per heavy atom. The Labute approximate surface area is 195 Å². The molecule has 1 saturated heterocycles. The van der Waals surface area contributed by atoms with Crippen LogP contribution in [-0.2, 0) is 17.8 Å². The zero-order valence-corrected chi connectivity index (χ0v) is 19.8. The van der Waals surface area contributed by atoms with Gasteiger partial charge in [-0.2, -0.15) is 4.98 Å². The van der Waals surface area contributed by atoms with Crippen molar-refractivity contribution in [3.8, 4) is 11.8 Å². The SMILES string of the molecule is COc1ccc(C(=O)N(Cc2ccc(CC3CCN(C(C)=O)CC3)cc2)C2CC2)c(OC)n1. The number of carbonyl (C=O) groups excluding carboxylic acids is 2. The van der Waals surface area contributed by atoms with Gasteiger partial charge < -0.3 is 19.3 Å². The van der Waals surface area contributed by atoms with Gasteiger partial charge in [0.05, 0.1) is 14.2 Å². The number of amides is 2. The Morgan fingerprint density at radius 2 is 1.64 bits per heavy atom. The van der Waals surface area contributed by atoms with Gasteiger partial charge in [-0.1, -0.05) is 24.3 Å². The molecule has 1 aromatic carbocycles. The minimum absolute atomic E-state index is 0.0641. The molecule has 2 aliphatic rings. The summed E-state index contributed by atoms with van der Waals surface area (Å²) in [6, 6.07) is 12.3. The normalized spacial score (nSPS) is 16.4. The number of benzene rings is 1. The molecule has 0 radical (unpaired) electrons. The standard InChI is InChI=1S/C26H33N3O4/c1-18(30)28-14-12-20(13-15-28)16-19-4-6-21(7-5-19)17-29(22-8-9-22)26(31)23-10-11-24(32-2)27-25(23)33-3/h4-7,10-11,20,22H,8-9,12-17H2,1-3H3. The summed E-state index contributed by atoms with van der Waals surface area (Å²) in [6.45, 7) is 3.94. The average molecular weight is 452 g/mol. The molecule has 0 spiro atoms. The van der Waals surface area contributed by atoms with Crippen LogP contribution in [0.25, 0.3) is 0 Å². The summed E-state index contributed by atoms with van der Waals surface area (Å²) in [6.07, 6.45) is 5.20. The second-order valence-corrected chi connectivity index (χ2v) is 9.04. The molecule has 1 saturated carbocycles. The van der Waals surface area contributed by atoms with Crippen molar-refractivity contribution < 1.29 is 19.1 Å². The number of carbonyl (C=O) groups is 2. The van der Waals surface area contributed by atoms with E-state index in [-0.39, 0.29) is 23.7 Å². The molecule has 0 atom stereocenters. The maximum atomic E-state index is 13.4. The molecule has 4 rings (SSSR count). The lowest BCUT2D eigenvalue weighted by atomic mass is 9.90. The van der Waals surface area contributed by atoms with Gasteiger partial charge in [0, 0.05) is 38.7 Å². The van der Waals surface area contributed by atoms with Crippen LogP contribution < -0.4 is 9.47 Å². The highest BCUT2D eigenvalue weighted by molar-refractivity contribution is 5.96. The minimum atomic E-state index is -0.0641. The van der Waals surface area contributed by atoms with Crippen LogP contribution in [-0.4, -0.2) is 59.9 Å². The Morgan fingerprint density at radius 1 is 0.970 bits per heavy atom. The largest absolute Gasteiger partial charge is 0.481 e. The zero-order chi connectivity index (χ0) is 23.4. The molecule has 0 bridgehead atoms. The van der Waals surface area contributed by atoms with E-state index in [4.69, 9.17) is 9.47 Å². The van der Waals surface area contributed by atoms with E-state index in [0.717, 1.165) is 50.8 Å². The van der Waals surface area contributed by atoms with Crippen molar-refractivity contribution >= 4 is 11.8 Å². The lowest BCUT2D eigenvalue weighted by Crippen LogP contribution is -2.37. The number of aromatic nitrogens is 1. The van der Waals surface area contributed by atoms with E-state index in [1.807, 2.05) is 9.80 Å². The molecule has 7 nitrogen and oxygen atoms in total. The fourth-order valence-electron chi connectivity index (χ4n) is 4.53. The van der Waals surface area contributed by atoms with Gasteiger partial charge in [-0.3, -0.25) is 9.59 Å². The topological polar surface area (TPSA) is 72.0 Å². The predicted molar refractivity (Wildman–Crippen MR) is 125 cm³/mol. The number of likely N-dealkylation sites (tertiary alicyclic amines) is 1. The van der Waals surface area contributed by atoms with Gasteiger partial charge in [0.2, 0.25) is 17.7 Å². The molecular formula is C26H33N3O4. The first-order valence-corrected chi connectivity index (χ1v) is 11.7. The van der Waals surface area contributed by atoms with Gasteiger partial charge in [0.15, 0.2) is 0 Å². The van der Waals surface area contributed by atoms with Crippen molar-refractivity contribution in [3.63, 3.8) is 0 Å². The van der Waals surface area contributed by atoms with Crippen LogP contribution in [0.2, 0.25) is 0 Å². The number of piperidine rings is 1. The average Bonchev–Trinajstić information content (AvgIpc) is 3.68. The summed E-state index contributed by atoms with van der Waals surface area (Å²) < 4.78 is 10.5. The van der Waals surface area contributed by atoms with Crippen LogP contribution in [0.3, 0.4) is 0 Å². The highest BCUT2D eigenvalue weighted by Crippen LogP contribution is 2.32. The van der Waals surface area contributed by atoms with Gasteiger partial charge in [-0.05, 0) is 55.2 Å². The predicted octanol–water partition coefficient (Wildman–Crippen LogP) is 3.70. The first-order valence-electron chi connectivity index (χ1n) is 11.7. The van der Waals surface area contributed by atoms with Crippen molar-refractivity contribution in [2.75, 3.05) is 27.3 Å². The first-order chi connectivity index (χ1) is 16.0. The molecule has 1 aliphatic carbocycles. The van der Waals surface area contributed by atoms with Crippen LogP contribution in [0.15, 0.2) is 36.4 Å². The smallest absolute Gasteiger partial charge is 0.259 e. The van der Waals surface area contributed by atoms with E-state index in [1.54, 1.807) is 26.2 Å². The number of pyridine rings is 1. The molecule has 2 aromatic rings. The summed E-state index contributed by atoms with van der Waals surface area (Å²) in [5.41, 5.74) is 2.88. The molecule has 7 heteroatoms. The minimum Gasteiger partial charge on any atom is -0.481 e. The van der Waals surface area contributed by atoms with Crippen molar-refractivity contribution in [1.29, 1.82) is 0 Å². The molecule has 0 N–H and O–H groups in total. The molecule has 2 amide bonds. The third kappa shape index (κ3) is 5.64. The van der Waals surface area contributed by atoms with Gasteiger partial charge in [-0.15, -0.1) is 0 Å². The molecule has 2 heterocycles. The molecule has 33 heavy (non-hydrogen) atoms. The van der Waals surface area contributed by atoms with Crippen molar-refractivity contribution in [3.05, 3.63) is 53.1 Å². The summed E-state index contributed by atoms with van der Waals surface area (Å²) >= 11 is 0. The third-order valence-electron chi connectivity index (χ3n) is 6.68. The van der Waals surface area contributed by atoms with Crippen molar-refractivity contribution in [1.82, 2.24) is 14.8 Å². The van der Waals surface area contributed by atoms with Gasteiger partial charge >= 0.3 is 0 Å². The number of ether oxygens (including phenoxy) is 2. The van der Waals surface area contributed by atoms with Crippen molar-refractivity contribution in [2.45, 2.75) is 51.6 Å². The van der Waals surface area contributed by atoms with E-state index >= 15 is 0 Å². The molecule has 1 aliphatic heterocycles. The molecule has 1 aromatic heterocycles. The second-order valence-electron chi connectivity index (χ2n) is 9.04. The van der Waals surface area contributed by atoms with E-state index in [0.29, 0.717) is 23.9 Å². The van der Waals surface area contributed by atoms with E-state index in [2.05, 4.69) is 29.2 Å². The highest BCUT2D eigenvalue weighted by Gasteiger charge is 2.34. The lowest BCUT2D eigenvalue weighted by molar-refractivity contribution is -0.130. The van der Waals surface area contributed by atoms with Crippen LogP contribution in [0.4, 0.5) is 0 Å². The molecule has 2 fully saturated rings. The van der Waals surface area contributed by atoms with Gasteiger partial charge in [0.1, 0.15) is 5.56 Å². The summed E-state index contributed by atoms with van der Waals surface area (Å²) in [4.78, 5) is 33.0. The summed E-state index contributed by atoms with van der Waals surface area (Å²) in [5.74, 6) is 1.44. The zero-order valence-electron chi connectivity index (χ0n) is 19.8. The summed E-state index contributed by atoms with van der Waals surface area (Å²) in [7, 11) is 3.06. The van der Waals surface area contributed by atoms with E-state index in [1.165, 1.54) is 12.7 Å². The number of rotatable bonds is 8. The highest BCUT2D eigenvalue weighted by atomic mass is 16.5. The quantitative estimate of drug-likeness (QED) is 0.612. The Balaban J connectivity index is 1.40. The fourth-order valence-corrected chi connectivity index (χ4v) is 4.53. The number of hydrogen-bond acceptors (Lipinski definition) is 5. The number of nitrogens with zero attached hydrogens (tertiary/aromatic N) is 3. The van der Waals surface area contributed by atoms with Crippen LogP contribution in [0.5, 0.6) is 11.8 Å². The molecule has 176 valence electrons.